The van der Waals surface area contributed by atoms with Crippen molar-refractivity contribution < 1.29 is 24.3 Å². The SMILES string of the molecule is O=C(O)CCNC(=O)c1ccc(C(=O)/C(=C/C(=O)c2ccc(-c3ccccc3)cc2)c2ccc(C3=CCCCC3)cc2)cc1. The van der Waals surface area contributed by atoms with Gasteiger partial charge in [-0.2, -0.15) is 0 Å². The number of hydrogen-bond acceptors (Lipinski definition) is 4. The molecule has 1 aliphatic carbocycles. The van der Waals surface area contributed by atoms with Crippen LogP contribution in [0.1, 0.15) is 74.3 Å². The molecule has 4 aromatic rings. The van der Waals surface area contributed by atoms with Crippen LogP contribution in [0.4, 0.5) is 0 Å². The minimum Gasteiger partial charge on any atom is -0.481 e. The highest BCUT2D eigenvalue weighted by Crippen LogP contribution is 2.29. The van der Waals surface area contributed by atoms with Gasteiger partial charge in [0.2, 0.25) is 0 Å². The van der Waals surface area contributed by atoms with Gasteiger partial charge in [0.05, 0.1) is 6.42 Å². The maximum atomic E-state index is 13.9. The van der Waals surface area contributed by atoms with Gasteiger partial charge in [0, 0.05) is 28.8 Å². The Bertz CT molecular complexity index is 1720. The topological polar surface area (TPSA) is 101 Å². The summed E-state index contributed by atoms with van der Waals surface area (Å²) < 4.78 is 0. The van der Waals surface area contributed by atoms with Gasteiger partial charge in [-0.3, -0.25) is 19.2 Å². The molecule has 0 spiro atoms. The smallest absolute Gasteiger partial charge is 0.305 e. The highest BCUT2D eigenvalue weighted by Gasteiger charge is 2.19. The van der Waals surface area contributed by atoms with E-state index in [-0.39, 0.29) is 30.1 Å². The number of aliphatic carboxylic acids is 1. The second kappa shape index (κ2) is 14.2. The van der Waals surface area contributed by atoms with Crippen molar-refractivity contribution in [2.45, 2.75) is 32.1 Å². The lowest BCUT2D eigenvalue weighted by Crippen LogP contribution is -2.26. The van der Waals surface area contributed by atoms with E-state index < -0.39 is 11.9 Å². The Morgan fingerprint density at radius 1 is 0.659 bits per heavy atom. The monoisotopic (exact) mass is 583 g/mol. The lowest BCUT2D eigenvalue weighted by molar-refractivity contribution is -0.136. The van der Waals surface area contributed by atoms with Crippen LogP contribution < -0.4 is 5.32 Å². The van der Waals surface area contributed by atoms with Crippen molar-refractivity contribution in [3.05, 3.63) is 143 Å². The van der Waals surface area contributed by atoms with Crippen LogP contribution in [0.3, 0.4) is 0 Å². The lowest BCUT2D eigenvalue weighted by Gasteiger charge is -2.14. The quantitative estimate of drug-likeness (QED) is 0.139. The second-order valence-corrected chi connectivity index (χ2v) is 10.7. The largest absolute Gasteiger partial charge is 0.481 e. The highest BCUT2D eigenvalue weighted by molar-refractivity contribution is 6.32. The Hall–Kier alpha value is -5.36. The fraction of sp³-hybridized carbons (Fsp3) is 0.158. The van der Waals surface area contributed by atoms with Gasteiger partial charge in [-0.15, -0.1) is 0 Å². The van der Waals surface area contributed by atoms with E-state index in [1.807, 2.05) is 66.7 Å². The number of benzene rings is 4. The molecule has 0 aromatic heterocycles. The number of carboxylic acid groups (broad SMARTS) is 1. The van der Waals surface area contributed by atoms with Crippen molar-refractivity contribution in [1.82, 2.24) is 5.32 Å². The van der Waals surface area contributed by atoms with Gasteiger partial charge in [-0.05, 0) is 71.7 Å². The molecule has 0 fully saturated rings. The van der Waals surface area contributed by atoms with Crippen molar-refractivity contribution in [1.29, 1.82) is 0 Å². The molecule has 1 amide bonds. The van der Waals surface area contributed by atoms with E-state index in [1.165, 1.54) is 30.2 Å². The summed E-state index contributed by atoms with van der Waals surface area (Å²) in [5.41, 5.74) is 6.42. The molecule has 5 rings (SSSR count). The standard InChI is InChI=1S/C38H33NO5/c40-35(31-17-13-29(14-18-31)27-9-5-2-6-10-27)25-34(30-15-11-28(12-16-30)26-7-3-1-4-8-26)37(43)32-19-21-33(22-20-32)38(44)39-24-23-36(41)42/h2,5-7,9-22,25H,1,3-4,8,23-24H2,(H,39,44)(H,41,42)/b34-25+. The van der Waals surface area contributed by atoms with Gasteiger partial charge in [-0.25, -0.2) is 0 Å². The second-order valence-electron chi connectivity index (χ2n) is 10.7. The van der Waals surface area contributed by atoms with Gasteiger partial charge < -0.3 is 10.4 Å². The van der Waals surface area contributed by atoms with E-state index in [1.54, 1.807) is 24.3 Å². The maximum Gasteiger partial charge on any atom is 0.305 e. The number of rotatable bonds is 11. The first kappa shape index (κ1) is 30.1. The molecule has 4 aromatic carbocycles. The van der Waals surface area contributed by atoms with E-state index in [2.05, 4.69) is 11.4 Å². The van der Waals surface area contributed by atoms with Crippen LogP contribution in [0.25, 0.3) is 22.3 Å². The number of hydrogen-bond donors (Lipinski definition) is 2. The summed E-state index contributed by atoms with van der Waals surface area (Å²) >= 11 is 0. The summed E-state index contributed by atoms with van der Waals surface area (Å²) in [7, 11) is 0. The summed E-state index contributed by atoms with van der Waals surface area (Å²) in [6.07, 6.45) is 7.91. The van der Waals surface area contributed by atoms with Gasteiger partial charge in [-0.1, -0.05) is 97.1 Å². The van der Waals surface area contributed by atoms with Gasteiger partial charge in [0.15, 0.2) is 11.6 Å². The van der Waals surface area contributed by atoms with Crippen molar-refractivity contribution in [2.75, 3.05) is 6.54 Å². The number of nitrogens with one attached hydrogen (secondary N) is 1. The Balaban J connectivity index is 1.43. The molecular weight excluding hydrogens is 550 g/mol. The zero-order chi connectivity index (χ0) is 30.9. The summed E-state index contributed by atoms with van der Waals surface area (Å²) in [5.74, 6) is -2.07. The first-order valence-electron chi connectivity index (χ1n) is 14.7. The third-order valence-corrected chi connectivity index (χ3v) is 7.69. The Morgan fingerprint density at radius 3 is 1.89 bits per heavy atom. The molecule has 220 valence electrons. The Kier molecular flexibility index (Phi) is 9.72. The summed E-state index contributed by atoms with van der Waals surface area (Å²) in [5, 5.41) is 11.3. The molecule has 0 saturated carbocycles. The fourth-order valence-electron chi connectivity index (χ4n) is 5.23. The number of carbonyl (C=O) groups is 4. The zero-order valence-electron chi connectivity index (χ0n) is 24.3. The minimum atomic E-state index is -1.00. The normalized spacial score (nSPS) is 13.1. The van der Waals surface area contributed by atoms with Gasteiger partial charge in [0.1, 0.15) is 0 Å². The summed E-state index contributed by atoms with van der Waals surface area (Å²) in [6, 6.07) is 31.1. The molecule has 0 atom stereocenters. The Morgan fingerprint density at radius 2 is 1.25 bits per heavy atom. The number of carboxylic acids is 1. The molecule has 0 bridgehead atoms. The minimum absolute atomic E-state index is 0.00305. The highest BCUT2D eigenvalue weighted by atomic mass is 16.4. The van der Waals surface area contributed by atoms with Crippen LogP contribution in [-0.4, -0.2) is 35.1 Å². The number of ketones is 2. The average Bonchev–Trinajstić information content (AvgIpc) is 3.07. The molecule has 6 heteroatoms. The molecule has 0 aliphatic heterocycles. The first-order valence-corrected chi connectivity index (χ1v) is 14.7. The molecule has 0 heterocycles. The molecule has 2 N–H and O–H groups in total. The number of allylic oxidation sites excluding steroid dienone is 4. The van der Waals surface area contributed by atoms with Crippen LogP contribution in [0, 0.1) is 0 Å². The van der Waals surface area contributed by atoms with Gasteiger partial charge >= 0.3 is 5.97 Å². The molecule has 6 nitrogen and oxygen atoms in total. The van der Waals surface area contributed by atoms with Crippen molar-refractivity contribution in [2.24, 2.45) is 0 Å². The zero-order valence-corrected chi connectivity index (χ0v) is 24.3. The van der Waals surface area contributed by atoms with Gasteiger partial charge in [0.25, 0.3) is 5.91 Å². The molecule has 0 radical (unpaired) electrons. The molecule has 0 saturated heterocycles. The summed E-state index contributed by atoms with van der Waals surface area (Å²) in [6.45, 7) is 0.00305. The van der Waals surface area contributed by atoms with Crippen LogP contribution in [-0.2, 0) is 4.79 Å². The van der Waals surface area contributed by atoms with E-state index in [9.17, 15) is 19.2 Å². The van der Waals surface area contributed by atoms with E-state index in [0.717, 1.165) is 36.0 Å². The molecule has 44 heavy (non-hydrogen) atoms. The molecule has 0 unspecified atom stereocenters. The predicted molar refractivity (Wildman–Crippen MR) is 172 cm³/mol. The van der Waals surface area contributed by atoms with Crippen molar-refractivity contribution in [3.63, 3.8) is 0 Å². The third kappa shape index (κ3) is 7.53. The number of carbonyl (C=O) groups excluding carboxylic acids is 3. The van der Waals surface area contributed by atoms with Crippen molar-refractivity contribution >= 4 is 34.6 Å². The first-order chi connectivity index (χ1) is 21.4. The van der Waals surface area contributed by atoms with E-state index >= 15 is 0 Å². The van der Waals surface area contributed by atoms with Crippen molar-refractivity contribution in [3.8, 4) is 11.1 Å². The van der Waals surface area contributed by atoms with E-state index in [4.69, 9.17) is 5.11 Å². The fourth-order valence-corrected chi connectivity index (χ4v) is 5.23. The van der Waals surface area contributed by atoms with E-state index in [0.29, 0.717) is 22.3 Å². The van der Waals surface area contributed by atoms with Crippen LogP contribution in [0.2, 0.25) is 0 Å². The van der Waals surface area contributed by atoms with Crippen LogP contribution >= 0.6 is 0 Å². The third-order valence-electron chi connectivity index (χ3n) is 7.69. The maximum absolute atomic E-state index is 13.9. The predicted octanol–water partition coefficient (Wildman–Crippen LogP) is 7.66. The lowest BCUT2D eigenvalue weighted by atomic mass is 9.90. The summed E-state index contributed by atoms with van der Waals surface area (Å²) in [4.78, 5) is 50.5. The van der Waals surface area contributed by atoms with Crippen LogP contribution in [0.5, 0.6) is 0 Å². The number of Topliss-reactive ketones (excluding diaryl/α,β-unsaturated/α-hetero) is 1. The molecule has 1 aliphatic rings. The Labute approximate surface area is 256 Å². The molecular formula is C38H33NO5. The number of amides is 1. The van der Waals surface area contributed by atoms with Crippen LogP contribution in [0.15, 0.2) is 115 Å². The average molecular weight is 584 g/mol.